The van der Waals surface area contributed by atoms with Crippen molar-refractivity contribution in [1.29, 1.82) is 0 Å². The minimum Gasteiger partial charge on any atom is -0.496 e. The molecule has 0 unspecified atom stereocenters. The summed E-state index contributed by atoms with van der Waals surface area (Å²) in [5, 5.41) is 16.9. The molecule has 1 aliphatic rings. The van der Waals surface area contributed by atoms with Gasteiger partial charge in [-0.3, -0.25) is 9.59 Å². The molecule has 8 heteroatoms. The molecule has 1 fully saturated rings. The highest BCUT2D eigenvalue weighted by molar-refractivity contribution is 6.31. The topological polar surface area (TPSA) is 90.9 Å². The molecule has 0 aliphatic carbocycles. The number of nitrogens with one attached hydrogen (secondary N) is 2. The van der Waals surface area contributed by atoms with Gasteiger partial charge < -0.3 is 25.4 Å². The predicted octanol–water partition coefficient (Wildman–Crippen LogP) is 2.65. The summed E-state index contributed by atoms with van der Waals surface area (Å²) in [5.41, 5.74) is 1.28. The van der Waals surface area contributed by atoms with Crippen LogP contribution in [0.15, 0.2) is 12.1 Å². The molecule has 174 valence electrons. The summed E-state index contributed by atoms with van der Waals surface area (Å²) in [6.45, 7) is 12.1. The van der Waals surface area contributed by atoms with Crippen molar-refractivity contribution < 1.29 is 19.4 Å². The molecule has 7 nitrogen and oxygen atoms in total. The SMILES string of the molecule is COc1cc(C)cc(Cl)c1CNC(=O)[C@@H]1C[C@@H](O)CN1C(=O)[C@@H](NC(C)C)C(C)(C)C. The number of aliphatic hydroxyl groups is 1. The van der Waals surface area contributed by atoms with Crippen molar-refractivity contribution in [2.24, 2.45) is 5.41 Å². The Morgan fingerprint density at radius 3 is 2.52 bits per heavy atom. The van der Waals surface area contributed by atoms with E-state index in [1.165, 1.54) is 4.90 Å². The monoisotopic (exact) mass is 453 g/mol. The summed E-state index contributed by atoms with van der Waals surface area (Å²) in [7, 11) is 1.55. The van der Waals surface area contributed by atoms with Gasteiger partial charge in [0.1, 0.15) is 11.8 Å². The molecule has 0 saturated carbocycles. The third-order valence-corrected chi connectivity index (χ3v) is 5.77. The molecule has 0 bridgehead atoms. The first-order valence-corrected chi connectivity index (χ1v) is 11.1. The number of likely N-dealkylation sites (tertiary alicyclic amines) is 1. The molecule has 31 heavy (non-hydrogen) atoms. The van der Waals surface area contributed by atoms with Crippen molar-refractivity contribution in [3.63, 3.8) is 0 Å². The number of carbonyl (C=O) groups is 2. The number of amides is 2. The second-order valence-electron chi connectivity index (χ2n) is 9.66. The molecule has 2 rings (SSSR count). The minimum absolute atomic E-state index is 0.101. The molecule has 0 radical (unpaired) electrons. The molecule has 0 spiro atoms. The van der Waals surface area contributed by atoms with Crippen molar-refractivity contribution >= 4 is 23.4 Å². The number of hydrogen-bond acceptors (Lipinski definition) is 5. The molecular formula is C23H36ClN3O4. The van der Waals surface area contributed by atoms with E-state index in [0.29, 0.717) is 16.3 Å². The molecule has 3 N–H and O–H groups in total. The first-order valence-electron chi connectivity index (χ1n) is 10.7. The van der Waals surface area contributed by atoms with Crippen LogP contribution in [-0.2, 0) is 16.1 Å². The zero-order valence-corrected chi connectivity index (χ0v) is 20.3. The summed E-state index contributed by atoms with van der Waals surface area (Å²) in [6, 6.07) is 2.56. The van der Waals surface area contributed by atoms with E-state index in [1.54, 1.807) is 7.11 Å². The van der Waals surface area contributed by atoms with Gasteiger partial charge in [-0.1, -0.05) is 46.2 Å². The van der Waals surface area contributed by atoms with E-state index in [1.807, 2.05) is 53.7 Å². The van der Waals surface area contributed by atoms with Crippen LogP contribution in [0.2, 0.25) is 5.02 Å². The second-order valence-corrected chi connectivity index (χ2v) is 10.1. The Morgan fingerprint density at radius 2 is 1.97 bits per heavy atom. The fourth-order valence-corrected chi connectivity index (χ4v) is 4.22. The Hall–Kier alpha value is -1.83. The minimum atomic E-state index is -0.739. The lowest BCUT2D eigenvalue weighted by atomic mass is 9.85. The Bertz CT molecular complexity index is 807. The zero-order valence-electron chi connectivity index (χ0n) is 19.6. The van der Waals surface area contributed by atoms with Crippen molar-refractivity contribution in [1.82, 2.24) is 15.5 Å². The maximum Gasteiger partial charge on any atom is 0.243 e. The van der Waals surface area contributed by atoms with E-state index in [9.17, 15) is 14.7 Å². The number of carbonyl (C=O) groups excluding carboxylic acids is 2. The van der Waals surface area contributed by atoms with E-state index in [2.05, 4.69) is 10.6 Å². The molecule has 0 aromatic heterocycles. The van der Waals surface area contributed by atoms with Gasteiger partial charge in [0.2, 0.25) is 11.8 Å². The number of aliphatic hydroxyl groups excluding tert-OH is 1. The molecule has 1 aromatic carbocycles. The van der Waals surface area contributed by atoms with Gasteiger partial charge in [0.05, 0.1) is 19.3 Å². The van der Waals surface area contributed by atoms with Gasteiger partial charge in [-0.2, -0.15) is 0 Å². The predicted molar refractivity (Wildman–Crippen MR) is 122 cm³/mol. The molecule has 1 saturated heterocycles. The first-order chi connectivity index (χ1) is 14.3. The Morgan fingerprint density at radius 1 is 1.32 bits per heavy atom. The molecular weight excluding hydrogens is 418 g/mol. The van der Waals surface area contributed by atoms with Gasteiger partial charge >= 0.3 is 0 Å². The Labute approximate surface area is 190 Å². The number of ether oxygens (including phenoxy) is 1. The quantitative estimate of drug-likeness (QED) is 0.590. The first kappa shape index (κ1) is 25.4. The number of rotatable bonds is 7. The summed E-state index contributed by atoms with van der Waals surface area (Å²) in [4.78, 5) is 27.9. The molecule has 1 aromatic rings. The number of benzene rings is 1. The van der Waals surface area contributed by atoms with Crippen LogP contribution < -0.4 is 15.4 Å². The fraction of sp³-hybridized carbons (Fsp3) is 0.652. The van der Waals surface area contributed by atoms with Crippen molar-refractivity contribution in [2.75, 3.05) is 13.7 Å². The molecule has 3 atom stereocenters. The van der Waals surface area contributed by atoms with E-state index in [0.717, 1.165) is 5.56 Å². The van der Waals surface area contributed by atoms with Crippen LogP contribution in [0.4, 0.5) is 0 Å². The van der Waals surface area contributed by atoms with Crippen LogP contribution in [0.1, 0.15) is 52.2 Å². The van der Waals surface area contributed by atoms with E-state index in [4.69, 9.17) is 16.3 Å². The average molecular weight is 454 g/mol. The highest BCUT2D eigenvalue weighted by atomic mass is 35.5. The van der Waals surface area contributed by atoms with Gasteiger partial charge in [-0.05, 0) is 30.0 Å². The van der Waals surface area contributed by atoms with Gasteiger partial charge in [-0.15, -0.1) is 0 Å². The van der Waals surface area contributed by atoms with Crippen LogP contribution >= 0.6 is 11.6 Å². The fourth-order valence-electron chi connectivity index (χ4n) is 3.88. The lowest BCUT2D eigenvalue weighted by molar-refractivity contribution is -0.142. The summed E-state index contributed by atoms with van der Waals surface area (Å²) in [5.74, 6) is 0.100. The van der Waals surface area contributed by atoms with E-state index in [-0.39, 0.29) is 42.8 Å². The maximum absolute atomic E-state index is 13.4. The zero-order chi connectivity index (χ0) is 23.5. The largest absolute Gasteiger partial charge is 0.496 e. The Balaban J connectivity index is 2.19. The Kier molecular flexibility index (Phi) is 8.36. The van der Waals surface area contributed by atoms with Crippen LogP contribution in [0.25, 0.3) is 0 Å². The number of methoxy groups -OCH3 is 1. The van der Waals surface area contributed by atoms with Crippen molar-refractivity contribution in [3.05, 3.63) is 28.3 Å². The lowest BCUT2D eigenvalue weighted by Gasteiger charge is -2.36. The number of nitrogens with zero attached hydrogens (tertiary/aromatic N) is 1. The summed E-state index contributed by atoms with van der Waals surface area (Å²) in [6.07, 6.45) is -0.536. The third-order valence-electron chi connectivity index (χ3n) is 5.44. The van der Waals surface area contributed by atoms with E-state index >= 15 is 0 Å². The van der Waals surface area contributed by atoms with Crippen LogP contribution in [0.3, 0.4) is 0 Å². The average Bonchev–Trinajstić information content (AvgIpc) is 3.05. The third kappa shape index (κ3) is 6.34. The maximum atomic E-state index is 13.4. The highest BCUT2D eigenvalue weighted by Gasteiger charge is 2.44. The summed E-state index contributed by atoms with van der Waals surface area (Å²) < 4.78 is 5.40. The normalized spacial score (nSPS) is 20.1. The standard InChI is InChI=1S/C23H36ClN3O4/c1-13(2)26-20(23(4,5)6)22(30)27-12-15(28)10-18(27)21(29)25-11-16-17(24)8-14(3)9-19(16)31-7/h8-9,13,15,18,20,26,28H,10-12H2,1-7H3,(H,25,29)/t15-,18+,20-/m1/s1. The van der Waals surface area contributed by atoms with Gasteiger partial charge in [0.15, 0.2) is 0 Å². The number of aryl methyl sites for hydroxylation is 1. The lowest BCUT2D eigenvalue weighted by Crippen LogP contribution is -2.57. The molecule has 1 aliphatic heterocycles. The van der Waals surface area contributed by atoms with Crippen molar-refractivity contribution in [2.45, 2.75) is 78.7 Å². The van der Waals surface area contributed by atoms with Crippen LogP contribution in [0, 0.1) is 12.3 Å². The number of halogens is 1. The van der Waals surface area contributed by atoms with Crippen LogP contribution in [0.5, 0.6) is 5.75 Å². The highest BCUT2D eigenvalue weighted by Crippen LogP contribution is 2.29. The van der Waals surface area contributed by atoms with Gasteiger partial charge in [-0.25, -0.2) is 0 Å². The van der Waals surface area contributed by atoms with Gasteiger partial charge in [0, 0.05) is 36.1 Å². The second kappa shape index (κ2) is 10.2. The smallest absolute Gasteiger partial charge is 0.243 e. The van der Waals surface area contributed by atoms with Crippen molar-refractivity contribution in [3.8, 4) is 5.75 Å². The van der Waals surface area contributed by atoms with E-state index < -0.39 is 18.2 Å². The van der Waals surface area contributed by atoms with Gasteiger partial charge in [0.25, 0.3) is 0 Å². The number of hydrogen-bond donors (Lipinski definition) is 3. The molecule has 1 heterocycles. The van der Waals surface area contributed by atoms with Crippen LogP contribution in [-0.4, -0.2) is 59.7 Å². The summed E-state index contributed by atoms with van der Waals surface area (Å²) >= 11 is 6.35. The number of β-amino-alcohol motifs (C(OH)–C–C–N with tert-alkyl or cyclic N) is 1. The molecule has 2 amide bonds.